The Labute approximate surface area is 147 Å². The van der Waals surface area contributed by atoms with Crippen LogP contribution in [0.5, 0.6) is 5.75 Å². The first kappa shape index (κ1) is 19.2. The predicted molar refractivity (Wildman–Crippen MR) is 95.6 cm³/mol. The molecular weight excluding hydrogens is 364 g/mol. The molecule has 0 amide bonds. The molecule has 0 saturated carbocycles. The number of hydrogen-bond donors (Lipinski definition) is 2. The number of primary sulfonamides is 1. The third-order valence-electron chi connectivity index (χ3n) is 3.49. The fourth-order valence-electron chi connectivity index (χ4n) is 2.30. The third-order valence-corrected chi connectivity index (χ3v) is 5.82. The third kappa shape index (κ3) is 4.71. The van der Waals surface area contributed by atoms with Crippen molar-refractivity contribution in [3.05, 3.63) is 48.0 Å². The molecule has 0 aliphatic heterocycles. The highest BCUT2D eigenvalue weighted by Crippen LogP contribution is 2.27. The molecule has 25 heavy (non-hydrogen) atoms. The van der Waals surface area contributed by atoms with E-state index in [1.54, 1.807) is 12.1 Å². The van der Waals surface area contributed by atoms with Gasteiger partial charge in [0, 0.05) is 0 Å². The van der Waals surface area contributed by atoms with Crippen molar-refractivity contribution in [2.45, 2.75) is 29.6 Å². The molecule has 2 rings (SSSR count). The van der Waals surface area contributed by atoms with E-state index < -0.39 is 20.0 Å². The van der Waals surface area contributed by atoms with E-state index in [2.05, 4.69) is 4.72 Å². The maximum Gasteiger partial charge on any atom is 0.261 e. The van der Waals surface area contributed by atoms with E-state index >= 15 is 0 Å². The monoisotopic (exact) mass is 384 g/mol. The van der Waals surface area contributed by atoms with Crippen LogP contribution < -0.4 is 14.6 Å². The van der Waals surface area contributed by atoms with Gasteiger partial charge in [0.2, 0.25) is 10.0 Å². The number of sulfonamides is 2. The van der Waals surface area contributed by atoms with Crippen molar-refractivity contribution in [3.8, 4) is 5.75 Å². The summed E-state index contributed by atoms with van der Waals surface area (Å²) in [5.41, 5.74) is 1.12. The van der Waals surface area contributed by atoms with Crippen LogP contribution >= 0.6 is 0 Å². The molecule has 0 heterocycles. The van der Waals surface area contributed by atoms with Crippen LogP contribution in [0.25, 0.3) is 0 Å². The van der Waals surface area contributed by atoms with Crippen LogP contribution in [0.1, 0.15) is 18.9 Å². The van der Waals surface area contributed by atoms with Crippen LogP contribution in [0, 0.1) is 0 Å². The molecule has 2 aromatic carbocycles. The van der Waals surface area contributed by atoms with Crippen LogP contribution in [0.15, 0.2) is 52.3 Å². The number of anilines is 1. The Morgan fingerprint density at radius 3 is 2.20 bits per heavy atom. The molecule has 0 spiro atoms. The molecule has 0 atom stereocenters. The fraction of sp³-hybridized carbons (Fsp3) is 0.250. The van der Waals surface area contributed by atoms with Crippen molar-refractivity contribution in [2.75, 3.05) is 11.8 Å². The molecule has 0 radical (unpaired) electrons. The first-order valence-electron chi connectivity index (χ1n) is 7.50. The molecule has 9 heteroatoms. The second kappa shape index (κ2) is 7.42. The molecule has 2 aromatic rings. The van der Waals surface area contributed by atoms with Gasteiger partial charge in [-0.25, -0.2) is 22.0 Å². The lowest BCUT2D eigenvalue weighted by Crippen LogP contribution is -2.16. The van der Waals surface area contributed by atoms with E-state index in [1.807, 2.05) is 6.92 Å². The van der Waals surface area contributed by atoms with Crippen molar-refractivity contribution in [2.24, 2.45) is 5.14 Å². The minimum Gasteiger partial charge on any atom is -0.495 e. The van der Waals surface area contributed by atoms with Crippen molar-refractivity contribution >= 4 is 25.7 Å². The standard InChI is InChI=1S/C16H20N2O5S2/c1-3-4-12-5-8-14(9-6-12)25(21,22)18-13-7-10-15(23-2)16(11-13)24(17,19)20/h5-11,18H,3-4H2,1-2H3,(H2,17,19,20). The van der Waals surface area contributed by atoms with Gasteiger partial charge >= 0.3 is 0 Å². The Morgan fingerprint density at radius 2 is 1.68 bits per heavy atom. The minimum absolute atomic E-state index is 0.0365. The molecule has 0 saturated heterocycles. The van der Waals surface area contributed by atoms with Gasteiger partial charge in [0.15, 0.2) is 0 Å². The quantitative estimate of drug-likeness (QED) is 0.758. The van der Waals surface area contributed by atoms with Gasteiger partial charge in [-0.2, -0.15) is 0 Å². The summed E-state index contributed by atoms with van der Waals surface area (Å²) in [4.78, 5) is -0.214. The zero-order valence-corrected chi connectivity index (χ0v) is 15.5. The number of nitrogens with two attached hydrogens (primary N) is 1. The van der Waals surface area contributed by atoms with Gasteiger partial charge in [0.25, 0.3) is 10.0 Å². The van der Waals surface area contributed by atoms with Crippen molar-refractivity contribution < 1.29 is 21.6 Å². The van der Waals surface area contributed by atoms with Crippen LogP contribution in [0.4, 0.5) is 5.69 Å². The second-order valence-electron chi connectivity index (χ2n) is 5.41. The molecule has 0 aliphatic rings. The second-order valence-corrected chi connectivity index (χ2v) is 8.62. The highest BCUT2D eigenvalue weighted by Gasteiger charge is 2.19. The number of methoxy groups -OCH3 is 1. The van der Waals surface area contributed by atoms with E-state index in [-0.39, 0.29) is 21.2 Å². The lowest BCUT2D eigenvalue weighted by atomic mass is 10.1. The van der Waals surface area contributed by atoms with Gasteiger partial charge in [-0.1, -0.05) is 25.5 Å². The molecule has 0 aliphatic carbocycles. The summed E-state index contributed by atoms with van der Waals surface area (Å²) in [5.74, 6) is 0.0365. The average Bonchev–Trinajstić information content (AvgIpc) is 2.54. The minimum atomic E-state index is -4.06. The number of nitrogens with one attached hydrogen (secondary N) is 1. The van der Waals surface area contributed by atoms with E-state index in [0.717, 1.165) is 24.5 Å². The van der Waals surface area contributed by atoms with Crippen LogP contribution in [-0.2, 0) is 26.5 Å². The summed E-state index contributed by atoms with van der Waals surface area (Å²) >= 11 is 0. The first-order valence-corrected chi connectivity index (χ1v) is 10.5. The molecule has 136 valence electrons. The van der Waals surface area contributed by atoms with Crippen LogP contribution in [-0.4, -0.2) is 23.9 Å². The summed E-state index contributed by atoms with van der Waals surface area (Å²) in [6.07, 6.45) is 1.83. The van der Waals surface area contributed by atoms with E-state index in [0.29, 0.717) is 0 Å². The van der Waals surface area contributed by atoms with E-state index in [4.69, 9.17) is 9.88 Å². The lowest BCUT2D eigenvalue weighted by molar-refractivity contribution is 0.403. The normalized spacial score (nSPS) is 12.0. The number of rotatable bonds is 7. The predicted octanol–water partition coefficient (Wildman–Crippen LogP) is 2.10. The summed E-state index contributed by atoms with van der Waals surface area (Å²) in [6.45, 7) is 2.04. The van der Waals surface area contributed by atoms with Crippen molar-refractivity contribution in [3.63, 3.8) is 0 Å². The Morgan fingerprint density at radius 1 is 1.04 bits per heavy atom. The van der Waals surface area contributed by atoms with Gasteiger partial charge in [-0.05, 0) is 42.3 Å². The van der Waals surface area contributed by atoms with E-state index in [9.17, 15) is 16.8 Å². The summed E-state index contributed by atoms with van der Waals surface area (Å²) < 4.78 is 55.5. The Kier molecular flexibility index (Phi) is 5.71. The maximum absolute atomic E-state index is 12.5. The Balaban J connectivity index is 2.34. The number of hydrogen-bond acceptors (Lipinski definition) is 5. The van der Waals surface area contributed by atoms with E-state index in [1.165, 1.54) is 31.4 Å². The van der Waals surface area contributed by atoms with Gasteiger partial charge < -0.3 is 4.74 Å². The van der Waals surface area contributed by atoms with Gasteiger partial charge in [0.1, 0.15) is 10.6 Å². The highest BCUT2D eigenvalue weighted by molar-refractivity contribution is 7.92. The smallest absolute Gasteiger partial charge is 0.261 e. The SMILES string of the molecule is CCCc1ccc(S(=O)(=O)Nc2ccc(OC)c(S(N)(=O)=O)c2)cc1. The average molecular weight is 384 g/mol. The van der Waals surface area contributed by atoms with Crippen molar-refractivity contribution in [1.29, 1.82) is 0 Å². The zero-order chi connectivity index (χ0) is 18.7. The molecule has 0 bridgehead atoms. The maximum atomic E-state index is 12.5. The fourth-order valence-corrected chi connectivity index (χ4v) is 4.07. The molecule has 0 unspecified atom stereocenters. The molecule has 7 nitrogen and oxygen atoms in total. The number of ether oxygens (including phenoxy) is 1. The molecule has 0 aromatic heterocycles. The first-order chi connectivity index (χ1) is 11.7. The summed E-state index contributed by atoms with van der Waals surface area (Å²) in [6, 6.07) is 10.4. The van der Waals surface area contributed by atoms with Crippen LogP contribution in [0.3, 0.4) is 0 Å². The highest BCUT2D eigenvalue weighted by atomic mass is 32.2. The molecule has 0 fully saturated rings. The zero-order valence-electron chi connectivity index (χ0n) is 13.9. The number of aryl methyl sites for hydroxylation is 1. The Bertz CT molecular complexity index is 953. The topological polar surface area (TPSA) is 116 Å². The van der Waals surface area contributed by atoms with Gasteiger partial charge in [-0.3, -0.25) is 4.72 Å². The number of benzene rings is 2. The summed E-state index contributed by atoms with van der Waals surface area (Å²) in [5, 5.41) is 5.14. The van der Waals surface area contributed by atoms with Crippen molar-refractivity contribution in [1.82, 2.24) is 0 Å². The lowest BCUT2D eigenvalue weighted by Gasteiger charge is -2.12. The van der Waals surface area contributed by atoms with Gasteiger partial charge in [-0.15, -0.1) is 0 Å². The van der Waals surface area contributed by atoms with Crippen LogP contribution in [0.2, 0.25) is 0 Å². The molecular formula is C16H20N2O5S2. The Hall–Kier alpha value is -2.10. The summed E-state index contributed by atoms with van der Waals surface area (Å²) in [7, 11) is -6.62. The largest absolute Gasteiger partial charge is 0.495 e. The van der Waals surface area contributed by atoms with Gasteiger partial charge in [0.05, 0.1) is 17.7 Å². The molecule has 3 N–H and O–H groups in total.